The first-order valence-electron chi connectivity index (χ1n) is 5.60. The molecule has 19 heavy (non-hydrogen) atoms. The number of halogens is 1. The Hall–Kier alpha value is -1.59. The average Bonchev–Trinajstić information content (AvgIpc) is 2.43. The molecular formula is C13H12ClN3OS. The van der Waals surface area contributed by atoms with Gasteiger partial charge < -0.3 is 5.32 Å². The largest absolute Gasteiger partial charge is 0.325 e. The van der Waals surface area contributed by atoms with Gasteiger partial charge in [-0.1, -0.05) is 29.4 Å². The average molecular weight is 294 g/mol. The maximum Gasteiger partial charge on any atom is 0.234 e. The highest BCUT2D eigenvalue weighted by atomic mass is 35.5. The van der Waals surface area contributed by atoms with E-state index in [4.69, 9.17) is 11.6 Å². The van der Waals surface area contributed by atoms with Gasteiger partial charge in [-0.15, -0.1) is 0 Å². The maximum atomic E-state index is 11.8. The molecule has 0 bridgehead atoms. The Kier molecular flexibility index (Phi) is 4.76. The second-order valence-electron chi connectivity index (χ2n) is 3.80. The summed E-state index contributed by atoms with van der Waals surface area (Å²) in [5.41, 5.74) is 1.60. The Morgan fingerprint density at radius 1 is 1.42 bits per heavy atom. The molecule has 1 N–H and O–H groups in total. The van der Waals surface area contributed by atoms with Crippen molar-refractivity contribution in [3.05, 3.63) is 47.4 Å². The highest BCUT2D eigenvalue weighted by Gasteiger charge is 2.07. The summed E-state index contributed by atoms with van der Waals surface area (Å²) < 4.78 is 0. The van der Waals surface area contributed by atoms with Crippen LogP contribution in [0, 0.1) is 6.92 Å². The van der Waals surface area contributed by atoms with Gasteiger partial charge in [-0.3, -0.25) is 4.79 Å². The van der Waals surface area contributed by atoms with Crippen LogP contribution in [0.4, 0.5) is 5.69 Å². The van der Waals surface area contributed by atoms with Crippen molar-refractivity contribution in [2.24, 2.45) is 0 Å². The number of hydrogen-bond donors (Lipinski definition) is 1. The first-order chi connectivity index (χ1) is 9.16. The zero-order valence-electron chi connectivity index (χ0n) is 10.3. The summed E-state index contributed by atoms with van der Waals surface area (Å²) in [6.07, 6.45) is 3.11. The molecule has 0 aliphatic carbocycles. The van der Waals surface area contributed by atoms with Crippen molar-refractivity contribution in [3.8, 4) is 0 Å². The van der Waals surface area contributed by atoms with Gasteiger partial charge in [0.05, 0.1) is 10.8 Å². The van der Waals surface area contributed by atoms with E-state index in [0.717, 1.165) is 16.3 Å². The molecule has 0 fully saturated rings. The first kappa shape index (κ1) is 13.8. The molecular weight excluding hydrogens is 282 g/mol. The lowest BCUT2D eigenvalue weighted by molar-refractivity contribution is -0.113. The van der Waals surface area contributed by atoms with E-state index in [-0.39, 0.29) is 5.91 Å². The molecule has 1 aromatic carbocycles. The molecule has 2 rings (SSSR count). The van der Waals surface area contributed by atoms with E-state index in [1.807, 2.05) is 19.1 Å². The minimum absolute atomic E-state index is 0.0889. The topological polar surface area (TPSA) is 54.9 Å². The number of rotatable bonds is 4. The molecule has 0 unspecified atom stereocenters. The molecule has 1 aromatic heterocycles. The summed E-state index contributed by atoms with van der Waals surface area (Å²) in [5.74, 6) is 0.206. The van der Waals surface area contributed by atoms with Crippen LogP contribution >= 0.6 is 23.4 Å². The van der Waals surface area contributed by atoms with Gasteiger partial charge in [-0.05, 0) is 30.7 Å². The van der Waals surface area contributed by atoms with Crippen molar-refractivity contribution < 1.29 is 4.79 Å². The van der Waals surface area contributed by atoms with Crippen LogP contribution < -0.4 is 5.32 Å². The minimum atomic E-state index is -0.0889. The number of nitrogens with zero attached hydrogens (tertiary/aromatic N) is 2. The van der Waals surface area contributed by atoms with Crippen LogP contribution in [0.25, 0.3) is 0 Å². The maximum absolute atomic E-state index is 11.8. The Bertz CT molecular complexity index is 577. The fraction of sp³-hybridized carbons (Fsp3) is 0.154. The zero-order chi connectivity index (χ0) is 13.7. The third kappa shape index (κ3) is 3.94. The van der Waals surface area contributed by atoms with E-state index in [9.17, 15) is 4.79 Å². The molecule has 0 radical (unpaired) electrons. The Labute approximate surface area is 120 Å². The predicted octanol–water partition coefficient (Wildman–Crippen LogP) is 3.17. The van der Waals surface area contributed by atoms with Crippen LogP contribution in [0.3, 0.4) is 0 Å². The zero-order valence-corrected chi connectivity index (χ0v) is 11.8. The molecule has 0 spiro atoms. The lowest BCUT2D eigenvalue weighted by Gasteiger charge is -2.09. The van der Waals surface area contributed by atoms with Crippen molar-refractivity contribution >= 4 is 35.0 Å². The SMILES string of the molecule is Cc1c(Cl)cccc1NC(=O)CSc1ccncn1. The highest BCUT2D eigenvalue weighted by Crippen LogP contribution is 2.23. The quantitative estimate of drug-likeness (QED) is 0.695. The third-order valence-electron chi connectivity index (χ3n) is 2.45. The van der Waals surface area contributed by atoms with Crippen molar-refractivity contribution in [2.75, 3.05) is 11.1 Å². The van der Waals surface area contributed by atoms with Crippen LogP contribution in [0.2, 0.25) is 5.02 Å². The number of anilines is 1. The predicted molar refractivity (Wildman–Crippen MR) is 77.6 cm³/mol. The van der Waals surface area contributed by atoms with E-state index in [0.29, 0.717) is 10.8 Å². The Morgan fingerprint density at radius 3 is 3.00 bits per heavy atom. The van der Waals surface area contributed by atoms with E-state index < -0.39 is 0 Å². The van der Waals surface area contributed by atoms with E-state index in [1.54, 1.807) is 18.3 Å². The fourth-order valence-electron chi connectivity index (χ4n) is 1.43. The van der Waals surface area contributed by atoms with Crippen molar-refractivity contribution in [1.82, 2.24) is 9.97 Å². The number of hydrogen-bond acceptors (Lipinski definition) is 4. The number of carbonyl (C=O) groups is 1. The second-order valence-corrected chi connectivity index (χ2v) is 5.20. The standard InChI is InChI=1S/C13H12ClN3OS/c1-9-10(14)3-2-4-11(9)17-12(18)7-19-13-5-6-15-8-16-13/h2-6,8H,7H2,1H3,(H,17,18). The fourth-order valence-corrected chi connectivity index (χ4v) is 2.24. The molecule has 0 saturated heterocycles. The van der Waals surface area contributed by atoms with E-state index >= 15 is 0 Å². The van der Waals surface area contributed by atoms with Crippen LogP contribution in [-0.4, -0.2) is 21.6 Å². The Morgan fingerprint density at radius 2 is 2.26 bits per heavy atom. The van der Waals surface area contributed by atoms with Gasteiger partial charge in [0.2, 0.25) is 5.91 Å². The number of carbonyl (C=O) groups excluding carboxylic acids is 1. The summed E-state index contributed by atoms with van der Waals surface area (Å²) in [4.78, 5) is 19.7. The van der Waals surface area contributed by atoms with Gasteiger partial charge >= 0.3 is 0 Å². The van der Waals surface area contributed by atoms with Gasteiger partial charge in [0.1, 0.15) is 6.33 Å². The highest BCUT2D eigenvalue weighted by molar-refractivity contribution is 7.99. The molecule has 6 heteroatoms. The van der Waals surface area contributed by atoms with Crippen LogP contribution in [-0.2, 0) is 4.79 Å². The summed E-state index contributed by atoms with van der Waals surface area (Å²) in [7, 11) is 0. The van der Waals surface area contributed by atoms with Crippen LogP contribution in [0.5, 0.6) is 0 Å². The van der Waals surface area contributed by atoms with Gasteiger partial charge in [0.25, 0.3) is 0 Å². The van der Waals surface area contributed by atoms with E-state index in [1.165, 1.54) is 18.1 Å². The van der Waals surface area contributed by atoms with Gasteiger partial charge in [0.15, 0.2) is 0 Å². The molecule has 4 nitrogen and oxygen atoms in total. The lowest BCUT2D eigenvalue weighted by Crippen LogP contribution is -2.15. The van der Waals surface area contributed by atoms with Crippen molar-refractivity contribution in [1.29, 1.82) is 0 Å². The summed E-state index contributed by atoms with van der Waals surface area (Å²) in [6.45, 7) is 1.87. The number of aromatic nitrogens is 2. The molecule has 0 saturated carbocycles. The normalized spacial score (nSPS) is 10.2. The first-order valence-corrected chi connectivity index (χ1v) is 6.97. The molecule has 0 atom stereocenters. The number of nitrogens with one attached hydrogen (secondary N) is 1. The number of benzene rings is 1. The van der Waals surface area contributed by atoms with Crippen molar-refractivity contribution in [3.63, 3.8) is 0 Å². The molecule has 98 valence electrons. The minimum Gasteiger partial charge on any atom is -0.325 e. The van der Waals surface area contributed by atoms with Crippen LogP contribution in [0.1, 0.15) is 5.56 Å². The van der Waals surface area contributed by atoms with Gasteiger partial charge in [0, 0.05) is 16.9 Å². The van der Waals surface area contributed by atoms with Gasteiger partial charge in [-0.25, -0.2) is 9.97 Å². The van der Waals surface area contributed by atoms with E-state index in [2.05, 4.69) is 15.3 Å². The lowest BCUT2D eigenvalue weighted by atomic mass is 10.2. The molecule has 0 aliphatic heterocycles. The Balaban J connectivity index is 1.93. The monoisotopic (exact) mass is 293 g/mol. The number of amides is 1. The smallest absolute Gasteiger partial charge is 0.234 e. The summed E-state index contributed by atoms with van der Waals surface area (Å²) in [6, 6.07) is 7.20. The second kappa shape index (κ2) is 6.54. The summed E-state index contributed by atoms with van der Waals surface area (Å²) >= 11 is 7.36. The molecule has 0 aliphatic rings. The number of thioether (sulfide) groups is 1. The molecule has 1 heterocycles. The van der Waals surface area contributed by atoms with Crippen LogP contribution in [0.15, 0.2) is 41.8 Å². The van der Waals surface area contributed by atoms with Crippen molar-refractivity contribution in [2.45, 2.75) is 11.9 Å². The summed E-state index contributed by atoms with van der Waals surface area (Å²) in [5, 5.41) is 4.24. The molecule has 1 amide bonds. The third-order valence-corrected chi connectivity index (χ3v) is 3.80. The van der Waals surface area contributed by atoms with Gasteiger partial charge in [-0.2, -0.15) is 0 Å². The molecule has 2 aromatic rings.